The van der Waals surface area contributed by atoms with E-state index < -0.39 is 10.0 Å². The number of fused-ring (bicyclic) bond motifs is 1. The molecule has 0 N–H and O–H groups in total. The zero-order chi connectivity index (χ0) is 20.4. The first-order valence-electron chi connectivity index (χ1n) is 9.24. The second-order valence-corrected chi connectivity index (χ2v) is 9.26. The van der Waals surface area contributed by atoms with Crippen molar-refractivity contribution in [3.8, 4) is 6.07 Å². The highest BCUT2D eigenvalue weighted by molar-refractivity contribution is 7.89. The minimum atomic E-state index is -3.57. The third-order valence-electron chi connectivity index (χ3n) is 5.16. The highest BCUT2D eigenvalue weighted by Crippen LogP contribution is 2.27. The largest absolute Gasteiger partial charge is 0.296 e. The van der Waals surface area contributed by atoms with E-state index in [2.05, 4.69) is 9.88 Å². The Morgan fingerprint density at radius 1 is 1.03 bits per heavy atom. The number of nitriles is 1. The molecule has 1 fully saturated rings. The van der Waals surface area contributed by atoms with Crippen LogP contribution in [-0.4, -0.2) is 48.8 Å². The van der Waals surface area contributed by atoms with Crippen LogP contribution in [0.25, 0.3) is 10.9 Å². The standard InChI is InChI=1S/C21H19ClN4O2S/c22-20-8-5-17-2-1-9-24-21(17)19(20)15-25-10-12-26(13-11-25)29(27,28)18-6-3-16(14-23)4-7-18/h1-9H,10-13,15H2. The van der Waals surface area contributed by atoms with Crippen LogP contribution in [0.1, 0.15) is 11.1 Å². The van der Waals surface area contributed by atoms with E-state index >= 15 is 0 Å². The molecule has 8 heteroatoms. The molecule has 2 heterocycles. The summed E-state index contributed by atoms with van der Waals surface area (Å²) in [6.45, 7) is 2.64. The number of benzene rings is 2. The molecule has 0 unspecified atom stereocenters. The second kappa shape index (κ2) is 8.09. The molecule has 0 atom stereocenters. The molecule has 148 valence electrons. The van der Waals surface area contributed by atoms with E-state index in [1.165, 1.54) is 28.6 Å². The number of halogens is 1. The van der Waals surface area contributed by atoms with Gasteiger partial charge < -0.3 is 0 Å². The molecule has 0 radical (unpaired) electrons. The van der Waals surface area contributed by atoms with E-state index in [4.69, 9.17) is 16.9 Å². The Hall–Kier alpha value is -2.50. The van der Waals surface area contributed by atoms with Gasteiger partial charge in [0.1, 0.15) is 0 Å². The number of piperazine rings is 1. The molecule has 0 saturated carbocycles. The van der Waals surface area contributed by atoms with Crippen LogP contribution in [-0.2, 0) is 16.6 Å². The lowest BCUT2D eigenvalue weighted by molar-refractivity contribution is 0.182. The molecule has 29 heavy (non-hydrogen) atoms. The molecule has 3 aromatic rings. The minimum absolute atomic E-state index is 0.214. The Morgan fingerprint density at radius 3 is 2.45 bits per heavy atom. The lowest BCUT2D eigenvalue weighted by Crippen LogP contribution is -2.48. The first kappa shape index (κ1) is 19.8. The maximum absolute atomic E-state index is 12.9. The number of hydrogen-bond acceptors (Lipinski definition) is 5. The summed E-state index contributed by atoms with van der Waals surface area (Å²) < 4.78 is 27.2. The predicted molar refractivity (Wildman–Crippen MR) is 112 cm³/mol. The number of hydrogen-bond donors (Lipinski definition) is 0. The number of rotatable bonds is 4. The van der Waals surface area contributed by atoms with E-state index in [-0.39, 0.29) is 4.90 Å². The summed E-state index contributed by atoms with van der Waals surface area (Å²) in [5.41, 5.74) is 2.29. The van der Waals surface area contributed by atoms with Gasteiger partial charge >= 0.3 is 0 Å². The summed E-state index contributed by atoms with van der Waals surface area (Å²) in [6, 6.07) is 15.8. The first-order chi connectivity index (χ1) is 14.0. The third-order valence-corrected chi connectivity index (χ3v) is 7.42. The number of nitrogens with zero attached hydrogens (tertiary/aromatic N) is 4. The molecule has 4 rings (SSSR count). The number of pyridine rings is 1. The molecule has 1 aromatic heterocycles. The lowest BCUT2D eigenvalue weighted by atomic mass is 10.1. The molecule has 1 aliphatic heterocycles. The topological polar surface area (TPSA) is 77.3 Å². The van der Waals surface area contributed by atoms with Crippen LogP contribution >= 0.6 is 11.6 Å². The summed E-state index contributed by atoms with van der Waals surface area (Å²) in [6.07, 6.45) is 1.75. The van der Waals surface area contributed by atoms with Crippen molar-refractivity contribution in [3.63, 3.8) is 0 Å². The highest BCUT2D eigenvalue weighted by atomic mass is 35.5. The molecule has 1 saturated heterocycles. The van der Waals surface area contributed by atoms with Crippen molar-refractivity contribution < 1.29 is 8.42 Å². The van der Waals surface area contributed by atoms with Gasteiger partial charge in [-0.05, 0) is 36.4 Å². The van der Waals surface area contributed by atoms with Crippen molar-refractivity contribution in [1.29, 1.82) is 5.26 Å². The van der Waals surface area contributed by atoms with E-state index in [1.807, 2.05) is 30.3 Å². The molecule has 0 amide bonds. The summed E-state index contributed by atoms with van der Waals surface area (Å²) in [5, 5.41) is 10.6. The quantitative estimate of drug-likeness (QED) is 0.639. The normalized spacial score (nSPS) is 16.0. The van der Waals surface area contributed by atoms with Crippen molar-refractivity contribution in [2.75, 3.05) is 26.2 Å². The second-order valence-electron chi connectivity index (χ2n) is 6.92. The monoisotopic (exact) mass is 426 g/mol. The summed E-state index contributed by atoms with van der Waals surface area (Å²) >= 11 is 6.43. The van der Waals surface area contributed by atoms with E-state index in [1.54, 1.807) is 6.20 Å². The highest BCUT2D eigenvalue weighted by Gasteiger charge is 2.28. The maximum atomic E-state index is 12.9. The summed E-state index contributed by atoms with van der Waals surface area (Å²) in [5.74, 6) is 0. The first-order valence-corrected chi connectivity index (χ1v) is 11.1. The zero-order valence-electron chi connectivity index (χ0n) is 15.6. The summed E-state index contributed by atoms with van der Waals surface area (Å²) in [4.78, 5) is 6.88. The number of aromatic nitrogens is 1. The van der Waals surface area contributed by atoms with Crippen molar-refractivity contribution in [1.82, 2.24) is 14.2 Å². The van der Waals surface area contributed by atoms with E-state index in [9.17, 15) is 8.42 Å². The number of sulfonamides is 1. The Morgan fingerprint density at radius 2 is 1.76 bits per heavy atom. The van der Waals surface area contributed by atoms with Gasteiger partial charge in [0.2, 0.25) is 10.0 Å². The van der Waals surface area contributed by atoms with Crippen LogP contribution in [0.5, 0.6) is 0 Å². The molecule has 0 spiro atoms. The Labute approximate surface area is 175 Å². The van der Waals surface area contributed by atoms with E-state index in [0.29, 0.717) is 43.3 Å². The van der Waals surface area contributed by atoms with Crippen LogP contribution in [0, 0.1) is 11.3 Å². The Balaban J connectivity index is 1.47. The van der Waals surface area contributed by atoms with Gasteiger partial charge in [-0.15, -0.1) is 0 Å². The Bertz CT molecular complexity index is 1180. The fraction of sp³-hybridized carbons (Fsp3) is 0.238. The molecular weight excluding hydrogens is 408 g/mol. The average Bonchev–Trinajstić information content (AvgIpc) is 2.76. The van der Waals surface area contributed by atoms with Crippen LogP contribution in [0.4, 0.5) is 0 Å². The fourth-order valence-electron chi connectivity index (χ4n) is 3.53. The van der Waals surface area contributed by atoms with Crippen LogP contribution < -0.4 is 0 Å². The molecule has 1 aliphatic rings. The molecule has 2 aromatic carbocycles. The van der Waals surface area contributed by atoms with Gasteiger partial charge in [-0.1, -0.05) is 23.7 Å². The van der Waals surface area contributed by atoms with Gasteiger partial charge in [-0.3, -0.25) is 9.88 Å². The SMILES string of the molecule is N#Cc1ccc(S(=O)(=O)N2CCN(Cc3c(Cl)ccc4cccnc34)CC2)cc1. The van der Waals surface area contributed by atoms with Gasteiger partial charge in [0.05, 0.1) is 22.0 Å². The van der Waals surface area contributed by atoms with Gasteiger partial charge in [-0.2, -0.15) is 9.57 Å². The van der Waals surface area contributed by atoms with Crippen LogP contribution in [0.2, 0.25) is 5.02 Å². The van der Waals surface area contributed by atoms with Crippen molar-refractivity contribution in [2.24, 2.45) is 0 Å². The van der Waals surface area contributed by atoms with Crippen molar-refractivity contribution in [3.05, 3.63) is 70.9 Å². The minimum Gasteiger partial charge on any atom is -0.296 e. The lowest BCUT2D eigenvalue weighted by Gasteiger charge is -2.34. The predicted octanol–water partition coefficient (Wildman–Crippen LogP) is 3.27. The smallest absolute Gasteiger partial charge is 0.243 e. The maximum Gasteiger partial charge on any atom is 0.243 e. The van der Waals surface area contributed by atoms with Gasteiger partial charge in [0.25, 0.3) is 0 Å². The van der Waals surface area contributed by atoms with E-state index in [0.717, 1.165) is 16.5 Å². The Kier molecular flexibility index (Phi) is 5.52. The molecule has 6 nitrogen and oxygen atoms in total. The van der Waals surface area contributed by atoms with Crippen LogP contribution in [0.3, 0.4) is 0 Å². The van der Waals surface area contributed by atoms with Gasteiger partial charge in [0, 0.05) is 54.9 Å². The fourth-order valence-corrected chi connectivity index (χ4v) is 5.17. The third kappa shape index (κ3) is 3.98. The molecule has 0 bridgehead atoms. The molecule has 0 aliphatic carbocycles. The average molecular weight is 427 g/mol. The van der Waals surface area contributed by atoms with Crippen molar-refractivity contribution >= 4 is 32.5 Å². The van der Waals surface area contributed by atoms with Gasteiger partial charge in [-0.25, -0.2) is 8.42 Å². The van der Waals surface area contributed by atoms with Gasteiger partial charge in [0.15, 0.2) is 0 Å². The molecular formula is C21H19ClN4O2S. The van der Waals surface area contributed by atoms with Crippen molar-refractivity contribution in [2.45, 2.75) is 11.4 Å². The van der Waals surface area contributed by atoms with Crippen LogP contribution in [0.15, 0.2) is 59.6 Å². The summed E-state index contributed by atoms with van der Waals surface area (Å²) in [7, 11) is -3.57. The zero-order valence-corrected chi connectivity index (χ0v) is 17.2.